The van der Waals surface area contributed by atoms with Gasteiger partial charge < -0.3 is 10.2 Å². The van der Waals surface area contributed by atoms with Crippen LogP contribution in [0.4, 0.5) is 0 Å². The van der Waals surface area contributed by atoms with Crippen molar-refractivity contribution in [1.29, 1.82) is 0 Å². The van der Waals surface area contributed by atoms with Crippen LogP contribution in [-0.2, 0) is 6.42 Å². The third kappa shape index (κ3) is 8.60. The van der Waals surface area contributed by atoms with Crippen LogP contribution in [0.5, 0.6) is 0 Å². The van der Waals surface area contributed by atoms with Crippen LogP contribution in [0.1, 0.15) is 43.3 Å². The fourth-order valence-electron chi connectivity index (χ4n) is 2.00. The molecule has 0 radical (unpaired) electrons. The molecule has 0 fully saturated rings. The number of aryl methyl sites for hydroxylation is 2. The predicted molar refractivity (Wildman–Crippen MR) is 104 cm³/mol. The van der Waals surface area contributed by atoms with Crippen LogP contribution in [0.2, 0.25) is 0 Å². The molecule has 0 saturated heterocycles. The van der Waals surface area contributed by atoms with E-state index in [1.807, 2.05) is 7.05 Å². The largest absolute Gasteiger partial charge is 0.356 e. The summed E-state index contributed by atoms with van der Waals surface area (Å²) in [5.41, 5.74) is 1.14. The molecule has 122 valence electrons. The van der Waals surface area contributed by atoms with Gasteiger partial charge in [-0.1, -0.05) is 13.3 Å². The SMILES string of the molecule is CCCCN(C)C(=NC)NCCCCc1nc(C)cs1.I. The van der Waals surface area contributed by atoms with Gasteiger partial charge in [-0.3, -0.25) is 4.99 Å². The van der Waals surface area contributed by atoms with Gasteiger partial charge in [0, 0.05) is 38.3 Å². The molecule has 0 saturated carbocycles. The summed E-state index contributed by atoms with van der Waals surface area (Å²) in [6.07, 6.45) is 5.84. The molecule has 0 aliphatic heterocycles. The molecule has 0 unspecified atom stereocenters. The monoisotopic (exact) mass is 424 g/mol. The second-order valence-electron chi connectivity index (χ2n) is 5.09. The number of aromatic nitrogens is 1. The Kier molecular flexibility index (Phi) is 12.0. The minimum Gasteiger partial charge on any atom is -0.356 e. The van der Waals surface area contributed by atoms with Crippen molar-refractivity contribution < 1.29 is 0 Å². The molecule has 6 heteroatoms. The summed E-state index contributed by atoms with van der Waals surface area (Å²) < 4.78 is 0. The van der Waals surface area contributed by atoms with E-state index in [-0.39, 0.29) is 24.0 Å². The van der Waals surface area contributed by atoms with Gasteiger partial charge in [-0.25, -0.2) is 4.98 Å². The van der Waals surface area contributed by atoms with Crippen LogP contribution < -0.4 is 5.32 Å². The van der Waals surface area contributed by atoms with Crippen molar-refractivity contribution in [3.63, 3.8) is 0 Å². The van der Waals surface area contributed by atoms with Gasteiger partial charge in [-0.15, -0.1) is 35.3 Å². The van der Waals surface area contributed by atoms with E-state index in [1.54, 1.807) is 11.3 Å². The fraction of sp³-hybridized carbons (Fsp3) is 0.733. The highest BCUT2D eigenvalue weighted by molar-refractivity contribution is 14.0. The fourth-order valence-corrected chi connectivity index (χ4v) is 2.82. The van der Waals surface area contributed by atoms with Crippen molar-refractivity contribution in [3.8, 4) is 0 Å². The molecule has 0 amide bonds. The Morgan fingerprint density at radius 2 is 2.14 bits per heavy atom. The Morgan fingerprint density at radius 3 is 2.71 bits per heavy atom. The molecule has 4 nitrogen and oxygen atoms in total. The lowest BCUT2D eigenvalue weighted by Crippen LogP contribution is -2.39. The van der Waals surface area contributed by atoms with E-state index in [9.17, 15) is 0 Å². The number of unbranched alkanes of at least 4 members (excludes halogenated alkanes) is 2. The van der Waals surface area contributed by atoms with Gasteiger partial charge in [-0.05, 0) is 32.6 Å². The molecule has 0 spiro atoms. The minimum absolute atomic E-state index is 0. The minimum atomic E-state index is 0. The number of nitrogens with zero attached hydrogens (tertiary/aromatic N) is 3. The first-order chi connectivity index (χ1) is 9.67. The Hall–Kier alpha value is -0.370. The third-order valence-electron chi connectivity index (χ3n) is 3.19. The van der Waals surface area contributed by atoms with Gasteiger partial charge in [0.2, 0.25) is 0 Å². The van der Waals surface area contributed by atoms with E-state index >= 15 is 0 Å². The summed E-state index contributed by atoms with van der Waals surface area (Å²) >= 11 is 1.77. The standard InChI is InChI=1S/C15H28N4S.HI/c1-5-6-11-19(4)15(16-3)17-10-8-7-9-14-18-13(2)12-20-14;/h12H,5-11H2,1-4H3,(H,16,17);1H. The normalized spacial score (nSPS) is 11.1. The molecule has 1 N–H and O–H groups in total. The lowest BCUT2D eigenvalue weighted by Gasteiger charge is -2.21. The summed E-state index contributed by atoms with van der Waals surface area (Å²) in [5.74, 6) is 1.00. The molecule has 0 aliphatic carbocycles. The van der Waals surface area contributed by atoms with E-state index in [4.69, 9.17) is 0 Å². The van der Waals surface area contributed by atoms with Crippen LogP contribution >= 0.6 is 35.3 Å². The number of thiazole rings is 1. The number of guanidine groups is 1. The van der Waals surface area contributed by atoms with Gasteiger partial charge in [-0.2, -0.15) is 0 Å². The lowest BCUT2D eigenvalue weighted by atomic mass is 10.2. The quantitative estimate of drug-likeness (QED) is 0.300. The van der Waals surface area contributed by atoms with E-state index in [2.05, 4.69) is 46.5 Å². The van der Waals surface area contributed by atoms with Gasteiger partial charge in [0.05, 0.1) is 5.01 Å². The zero-order chi connectivity index (χ0) is 14.8. The van der Waals surface area contributed by atoms with Crippen molar-refractivity contribution in [1.82, 2.24) is 15.2 Å². The Morgan fingerprint density at radius 1 is 1.38 bits per heavy atom. The van der Waals surface area contributed by atoms with E-state index < -0.39 is 0 Å². The van der Waals surface area contributed by atoms with Gasteiger partial charge in [0.1, 0.15) is 0 Å². The van der Waals surface area contributed by atoms with Gasteiger partial charge in [0.25, 0.3) is 0 Å². The second-order valence-corrected chi connectivity index (χ2v) is 6.03. The highest BCUT2D eigenvalue weighted by Gasteiger charge is 2.04. The summed E-state index contributed by atoms with van der Waals surface area (Å²) in [6.45, 7) is 6.31. The molecule has 0 aromatic carbocycles. The first kappa shape index (κ1) is 20.6. The summed E-state index contributed by atoms with van der Waals surface area (Å²) in [7, 11) is 3.95. The summed E-state index contributed by atoms with van der Waals surface area (Å²) in [5, 5.41) is 6.81. The van der Waals surface area contributed by atoms with Crippen molar-refractivity contribution in [3.05, 3.63) is 16.1 Å². The van der Waals surface area contributed by atoms with Crippen molar-refractivity contribution >= 4 is 41.3 Å². The molecule has 1 rings (SSSR count). The number of rotatable bonds is 8. The zero-order valence-electron chi connectivity index (χ0n) is 13.7. The van der Waals surface area contributed by atoms with Crippen LogP contribution in [-0.4, -0.2) is 43.0 Å². The second kappa shape index (κ2) is 12.2. The zero-order valence-corrected chi connectivity index (χ0v) is 16.8. The van der Waals surface area contributed by atoms with Gasteiger partial charge in [0.15, 0.2) is 5.96 Å². The molecular formula is C15H29IN4S. The van der Waals surface area contributed by atoms with Gasteiger partial charge >= 0.3 is 0 Å². The molecule has 1 aromatic rings. The van der Waals surface area contributed by atoms with Crippen molar-refractivity contribution in [2.75, 3.05) is 27.2 Å². The maximum atomic E-state index is 4.49. The smallest absolute Gasteiger partial charge is 0.193 e. The summed E-state index contributed by atoms with van der Waals surface area (Å²) in [6, 6.07) is 0. The Bertz CT molecular complexity index is 406. The first-order valence-corrected chi connectivity index (χ1v) is 8.38. The molecular weight excluding hydrogens is 395 g/mol. The summed E-state index contributed by atoms with van der Waals surface area (Å²) in [4.78, 5) is 11.0. The molecule has 1 aromatic heterocycles. The average Bonchev–Trinajstić information content (AvgIpc) is 2.85. The Labute approximate surface area is 150 Å². The average molecular weight is 424 g/mol. The van der Waals surface area contributed by atoms with E-state index in [1.165, 1.54) is 24.3 Å². The molecule has 21 heavy (non-hydrogen) atoms. The van der Waals surface area contributed by atoms with Crippen LogP contribution in [0.3, 0.4) is 0 Å². The van der Waals surface area contributed by atoms with Crippen LogP contribution in [0, 0.1) is 6.92 Å². The number of hydrogen-bond acceptors (Lipinski definition) is 3. The first-order valence-electron chi connectivity index (χ1n) is 7.50. The Balaban J connectivity index is 0.00000400. The number of hydrogen-bond donors (Lipinski definition) is 1. The van der Waals surface area contributed by atoms with Crippen LogP contribution in [0.15, 0.2) is 10.4 Å². The molecule has 1 heterocycles. The predicted octanol–water partition coefficient (Wildman–Crippen LogP) is 3.70. The van der Waals surface area contributed by atoms with Crippen LogP contribution in [0.25, 0.3) is 0 Å². The highest BCUT2D eigenvalue weighted by atomic mass is 127. The number of nitrogens with one attached hydrogen (secondary N) is 1. The molecule has 0 aliphatic rings. The topological polar surface area (TPSA) is 40.5 Å². The van der Waals surface area contributed by atoms with Crippen molar-refractivity contribution in [2.24, 2.45) is 4.99 Å². The molecule has 0 atom stereocenters. The third-order valence-corrected chi connectivity index (χ3v) is 4.21. The maximum Gasteiger partial charge on any atom is 0.193 e. The molecule has 0 bridgehead atoms. The number of halogens is 1. The van der Waals surface area contributed by atoms with E-state index in [0.717, 1.165) is 37.6 Å². The lowest BCUT2D eigenvalue weighted by molar-refractivity contribution is 0.463. The maximum absolute atomic E-state index is 4.49. The highest BCUT2D eigenvalue weighted by Crippen LogP contribution is 2.11. The number of aliphatic imine (C=N–C) groups is 1. The van der Waals surface area contributed by atoms with Crippen molar-refractivity contribution in [2.45, 2.75) is 46.0 Å². The van der Waals surface area contributed by atoms with E-state index in [0.29, 0.717) is 0 Å².